The first kappa shape index (κ1) is 18.6. The van der Waals surface area contributed by atoms with Crippen LogP contribution in [0.3, 0.4) is 0 Å². The van der Waals surface area contributed by atoms with Crippen LogP contribution in [0.15, 0.2) is 53.0 Å². The highest BCUT2D eigenvalue weighted by molar-refractivity contribution is 9.10. The van der Waals surface area contributed by atoms with Crippen LogP contribution in [0.25, 0.3) is 0 Å². The van der Waals surface area contributed by atoms with E-state index in [9.17, 15) is 9.59 Å². The van der Waals surface area contributed by atoms with Crippen molar-refractivity contribution < 1.29 is 9.59 Å². The van der Waals surface area contributed by atoms with E-state index in [-0.39, 0.29) is 23.1 Å². The fraction of sp³-hybridized carbons (Fsp3) is 0.333. The van der Waals surface area contributed by atoms with Crippen molar-refractivity contribution in [1.82, 2.24) is 4.90 Å². The number of hydrogen-bond donors (Lipinski definition) is 0. The predicted octanol–water partition coefficient (Wildman–Crippen LogP) is 4.38. The number of anilines is 1. The third-order valence-corrected chi connectivity index (χ3v) is 6.94. The van der Waals surface area contributed by atoms with Crippen LogP contribution in [0.4, 0.5) is 5.69 Å². The number of halogens is 1. The molecule has 2 saturated heterocycles. The van der Waals surface area contributed by atoms with Crippen molar-refractivity contribution in [3.63, 3.8) is 0 Å². The molecule has 0 aliphatic carbocycles. The van der Waals surface area contributed by atoms with Gasteiger partial charge in [-0.25, -0.2) is 0 Å². The highest BCUT2D eigenvalue weighted by Crippen LogP contribution is 2.40. The molecule has 0 aromatic heterocycles. The summed E-state index contributed by atoms with van der Waals surface area (Å²) < 4.78 is 1.03. The molecule has 2 aliphatic rings. The summed E-state index contributed by atoms with van der Waals surface area (Å²) in [6, 6.07) is 16.0. The van der Waals surface area contributed by atoms with E-state index in [0.717, 1.165) is 33.6 Å². The Morgan fingerprint density at radius 3 is 2.52 bits per heavy atom. The van der Waals surface area contributed by atoms with E-state index in [4.69, 9.17) is 0 Å². The molecule has 0 N–H and O–H groups in total. The molecule has 0 saturated carbocycles. The summed E-state index contributed by atoms with van der Waals surface area (Å²) in [6.45, 7) is 3.23. The van der Waals surface area contributed by atoms with Gasteiger partial charge < -0.3 is 9.80 Å². The summed E-state index contributed by atoms with van der Waals surface area (Å²) in [6.07, 6.45) is 0.293. The van der Waals surface area contributed by atoms with Gasteiger partial charge in [-0.3, -0.25) is 9.59 Å². The highest BCUT2D eigenvalue weighted by atomic mass is 79.9. The Morgan fingerprint density at radius 1 is 1.11 bits per heavy atom. The van der Waals surface area contributed by atoms with Crippen molar-refractivity contribution in [1.29, 1.82) is 0 Å². The SMILES string of the molecule is Cc1ccc(N2CC(C(=O)N3CCSC3c3ccc(Br)cc3)CC2=O)cc1. The topological polar surface area (TPSA) is 40.6 Å². The zero-order valence-electron chi connectivity index (χ0n) is 15.1. The second-order valence-corrected chi connectivity index (χ2v) is 9.15. The molecule has 2 aliphatic heterocycles. The molecule has 0 bridgehead atoms. The Hall–Kier alpha value is -1.79. The van der Waals surface area contributed by atoms with Gasteiger partial charge in [0, 0.05) is 35.4 Å². The lowest BCUT2D eigenvalue weighted by Gasteiger charge is -2.27. The van der Waals surface area contributed by atoms with Gasteiger partial charge in [-0.1, -0.05) is 45.8 Å². The summed E-state index contributed by atoms with van der Waals surface area (Å²) in [7, 11) is 0. The Kier molecular flexibility index (Phi) is 5.28. The number of amides is 2. The quantitative estimate of drug-likeness (QED) is 0.704. The molecule has 0 spiro atoms. The van der Waals surface area contributed by atoms with Crippen LogP contribution >= 0.6 is 27.7 Å². The molecular formula is C21H21BrN2O2S. The Bertz CT molecular complexity index is 853. The Balaban J connectivity index is 1.50. The first-order valence-corrected chi connectivity index (χ1v) is 10.9. The van der Waals surface area contributed by atoms with E-state index in [0.29, 0.717) is 13.0 Å². The fourth-order valence-electron chi connectivity index (χ4n) is 3.68. The van der Waals surface area contributed by atoms with E-state index in [1.165, 1.54) is 0 Å². The van der Waals surface area contributed by atoms with E-state index in [2.05, 4.69) is 28.1 Å². The number of aryl methyl sites for hydroxylation is 1. The average Bonchev–Trinajstić information content (AvgIpc) is 3.30. The minimum absolute atomic E-state index is 0.0317. The van der Waals surface area contributed by atoms with E-state index >= 15 is 0 Å². The zero-order valence-corrected chi connectivity index (χ0v) is 17.5. The average molecular weight is 445 g/mol. The lowest BCUT2D eigenvalue weighted by molar-refractivity contribution is -0.136. The van der Waals surface area contributed by atoms with Gasteiger partial charge in [-0.15, -0.1) is 11.8 Å². The molecule has 2 heterocycles. The summed E-state index contributed by atoms with van der Waals surface area (Å²) in [5.74, 6) is 0.782. The van der Waals surface area contributed by atoms with Crippen LogP contribution in [-0.4, -0.2) is 35.6 Å². The number of thioether (sulfide) groups is 1. The zero-order chi connectivity index (χ0) is 19.0. The predicted molar refractivity (Wildman–Crippen MR) is 113 cm³/mol. The van der Waals surface area contributed by atoms with Gasteiger partial charge in [0.2, 0.25) is 11.8 Å². The van der Waals surface area contributed by atoms with E-state index in [1.807, 2.05) is 48.2 Å². The maximum absolute atomic E-state index is 13.2. The second-order valence-electron chi connectivity index (χ2n) is 7.05. The molecule has 4 nitrogen and oxygen atoms in total. The van der Waals surface area contributed by atoms with Crippen LogP contribution in [0.1, 0.15) is 22.9 Å². The van der Waals surface area contributed by atoms with Crippen LogP contribution < -0.4 is 4.90 Å². The third-order valence-electron chi connectivity index (χ3n) is 5.15. The van der Waals surface area contributed by atoms with Crippen molar-refractivity contribution >= 4 is 45.2 Å². The van der Waals surface area contributed by atoms with Gasteiger partial charge in [-0.2, -0.15) is 0 Å². The molecular weight excluding hydrogens is 424 g/mol. The molecule has 2 unspecified atom stereocenters. The van der Waals surface area contributed by atoms with E-state index in [1.54, 1.807) is 16.7 Å². The molecule has 2 atom stereocenters. The Morgan fingerprint density at radius 2 is 1.81 bits per heavy atom. The van der Waals surface area contributed by atoms with Crippen molar-refractivity contribution in [3.05, 3.63) is 64.1 Å². The maximum atomic E-state index is 13.2. The molecule has 2 aromatic rings. The summed E-state index contributed by atoms with van der Waals surface area (Å²) in [4.78, 5) is 29.4. The molecule has 140 valence electrons. The van der Waals surface area contributed by atoms with Gasteiger partial charge in [0.15, 0.2) is 0 Å². The van der Waals surface area contributed by atoms with E-state index < -0.39 is 0 Å². The summed E-state index contributed by atoms with van der Waals surface area (Å²) in [5.41, 5.74) is 3.17. The molecule has 2 amide bonds. The summed E-state index contributed by atoms with van der Waals surface area (Å²) in [5, 5.41) is 0.0362. The smallest absolute Gasteiger partial charge is 0.229 e. The highest BCUT2D eigenvalue weighted by Gasteiger charge is 2.40. The first-order chi connectivity index (χ1) is 13.0. The molecule has 0 radical (unpaired) electrons. The first-order valence-electron chi connectivity index (χ1n) is 9.07. The van der Waals surface area contributed by atoms with Gasteiger partial charge in [0.25, 0.3) is 0 Å². The number of carbonyl (C=O) groups excluding carboxylic acids is 2. The molecule has 6 heteroatoms. The van der Waals surface area contributed by atoms with Crippen molar-refractivity contribution in [2.75, 3.05) is 23.7 Å². The number of rotatable bonds is 3. The fourth-order valence-corrected chi connectivity index (χ4v) is 5.21. The normalized spacial score (nSPS) is 22.5. The maximum Gasteiger partial charge on any atom is 0.229 e. The number of hydrogen-bond acceptors (Lipinski definition) is 3. The standard InChI is InChI=1S/C21H21BrN2O2S/c1-14-2-8-18(9-3-14)24-13-16(12-19(24)25)20(26)23-10-11-27-21(23)15-4-6-17(22)7-5-15/h2-9,16,21H,10-13H2,1H3. The molecule has 4 rings (SSSR count). The van der Waals surface area contributed by atoms with Crippen molar-refractivity contribution in [2.45, 2.75) is 18.7 Å². The minimum Gasteiger partial charge on any atom is -0.325 e. The van der Waals surface area contributed by atoms with Gasteiger partial charge >= 0.3 is 0 Å². The van der Waals surface area contributed by atoms with Crippen molar-refractivity contribution in [2.24, 2.45) is 5.92 Å². The van der Waals surface area contributed by atoms with Crippen LogP contribution in [0, 0.1) is 12.8 Å². The lowest BCUT2D eigenvalue weighted by Crippen LogP contribution is -2.37. The lowest BCUT2D eigenvalue weighted by atomic mass is 10.1. The van der Waals surface area contributed by atoms with Gasteiger partial charge in [-0.05, 0) is 36.8 Å². The van der Waals surface area contributed by atoms with Crippen LogP contribution in [-0.2, 0) is 9.59 Å². The molecule has 2 fully saturated rings. The summed E-state index contributed by atoms with van der Waals surface area (Å²) >= 11 is 5.25. The third kappa shape index (κ3) is 3.78. The number of benzene rings is 2. The Labute approximate surface area is 172 Å². The van der Waals surface area contributed by atoms with Gasteiger partial charge in [0.1, 0.15) is 5.37 Å². The second kappa shape index (κ2) is 7.68. The molecule has 2 aromatic carbocycles. The van der Waals surface area contributed by atoms with Crippen LogP contribution in [0.5, 0.6) is 0 Å². The number of nitrogens with zero attached hydrogens (tertiary/aromatic N) is 2. The van der Waals surface area contributed by atoms with Crippen LogP contribution in [0.2, 0.25) is 0 Å². The monoisotopic (exact) mass is 444 g/mol. The van der Waals surface area contributed by atoms with Crippen molar-refractivity contribution in [3.8, 4) is 0 Å². The molecule has 27 heavy (non-hydrogen) atoms. The number of carbonyl (C=O) groups is 2. The van der Waals surface area contributed by atoms with Gasteiger partial charge in [0.05, 0.1) is 5.92 Å². The largest absolute Gasteiger partial charge is 0.325 e. The minimum atomic E-state index is -0.268.